The Labute approximate surface area is 140 Å². The molecule has 1 aliphatic rings. The van der Waals surface area contributed by atoms with Crippen LogP contribution in [0.5, 0.6) is 0 Å². The largest absolute Gasteiger partial charge is 0.324 e. The number of rotatable bonds is 2. The number of fused-ring (bicyclic) bond motifs is 1. The monoisotopic (exact) mass is 344 g/mol. The molecule has 0 spiro atoms. The molecule has 21 heavy (non-hydrogen) atoms. The van der Waals surface area contributed by atoms with Gasteiger partial charge in [0.25, 0.3) is 0 Å². The number of nitrogens with zero attached hydrogens (tertiary/aromatic N) is 2. The van der Waals surface area contributed by atoms with E-state index in [1.807, 2.05) is 19.1 Å². The summed E-state index contributed by atoms with van der Waals surface area (Å²) < 4.78 is 2.30. The Morgan fingerprint density at radius 2 is 1.95 bits per heavy atom. The molecule has 0 bridgehead atoms. The molecule has 0 aliphatic heterocycles. The van der Waals surface area contributed by atoms with Gasteiger partial charge >= 0.3 is 0 Å². The first-order valence-electron chi connectivity index (χ1n) is 7.48. The number of hydrogen-bond donors (Lipinski definition) is 0. The molecule has 1 aromatic heterocycles. The summed E-state index contributed by atoms with van der Waals surface area (Å²) in [6, 6.07) is 4.21. The van der Waals surface area contributed by atoms with E-state index in [2.05, 4.69) is 11.5 Å². The third kappa shape index (κ3) is 2.91. The minimum Gasteiger partial charge on any atom is -0.324 e. The molecule has 1 aliphatic carbocycles. The first-order chi connectivity index (χ1) is 9.97. The third-order valence-corrected chi connectivity index (χ3v) is 5.31. The maximum absolute atomic E-state index is 6.37. The fourth-order valence-corrected chi connectivity index (χ4v) is 3.88. The summed E-state index contributed by atoms with van der Waals surface area (Å²) in [6.07, 6.45) is 4.90. The van der Waals surface area contributed by atoms with Gasteiger partial charge in [0.2, 0.25) is 0 Å². The van der Waals surface area contributed by atoms with E-state index in [4.69, 9.17) is 39.8 Å². The third-order valence-electron chi connectivity index (χ3n) is 4.39. The van der Waals surface area contributed by atoms with Crippen LogP contribution in [0, 0.1) is 5.92 Å². The highest BCUT2D eigenvalue weighted by Crippen LogP contribution is 2.39. The minimum absolute atomic E-state index is 0.132. The molecule has 1 fully saturated rings. The number of alkyl halides is 1. The summed E-state index contributed by atoms with van der Waals surface area (Å²) in [7, 11) is 0. The zero-order chi connectivity index (χ0) is 15.1. The minimum atomic E-state index is -0.132. The molecule has 1 aromatic carbocycles. The van der Waals surface area contributed by atoms with Gasteiger partial charge in [-0.25, -0.2) is 4.98 Å². The highest BCUT2D eigenvalue weighted by atomic mass is 35.5. The fraction of sp³-hybridized carbons (Fsp3) is 0.562. The quantitative estimate of drug-likeness (QED) is 0.576. The predicted octanol–water partition coefficient (Wildman–Crippen LogP) is 6.39. The van der Waals surface area contributed by atoms with Crippen LogP contribution in [0.15, 0.2) is 12.1 Å². The lowest BCUT2D eigenvalue weighted by Gasteiger charge is -2.30. The Hall–Kier alpha value is -0.440. The molecule has 2 aromatic rings. The fourth-order valence-electron chi connectivity index (χ4n) is 3.41. The molecule has 3 unspecified atom stereocenters. The standard InChI is InChI=1S/C16H19Cl3N2/c1-9-4-3-5-11(6-9)21-15-8-13(19)12(18)7-14(15)20-16(21)10(2)17/h7-11H,3-6H2,1-2H3. The zero-order valence-corrected chi connectivity index (χ0v) is 14.5. The lowest BCUT2D eigenvalue weighted by Crippen LogP contribution is -2.19. The first-order valence-corrected chi connectivity index (χ1v) is 8.67. The van der Waals surface area contributed by atoms with Gasteiger partial charge in [-0.15, -0.1) is 11.6 Å². The molecule has 1 heterocycles. The number of imidazole rings is 1. The number of halogens is 3. The van der Waals surface area contributed by atoms with Crippen LogP contribution in [-0.4, -0.2) is 9.55 Å². The average Bonchev–Trinajstić information content (AvgIpc) is 2.78. The Bertz CT molecular complexity index is 663. The Kier molecular flexibility index (Phi) is 4.40. The molecular weight excluding hydrogens is 327 g/mol. The highest BCUT2D eigenvalue weighted by molar-refractivity contribution is 6.42. The predicted molar refractivity (Wildman–Crippen MR) is 90.7 cm³/mol. The normalized spacial score (nSPS) is 24.4. The maximum atomic E-state index is 6.37. The molecule has 3 atom stereocenters. The lowest BCUT2D eigenvalue weighted by atomic mass is 9.87. The van der Waals surface area contributed by atoms with E-state index < -0.39 is 0 Å². The van der Waals surface area contributed by atoms with Gasteiger partial charge in [0, 0.05) is 6.04 Å². The number of aromatic nitrogens is 2. The van der Waals surface area contributed by atoms with Crippen LogP contribution < -0.4 is 0 Å². The van der Waals surface area contributed by atoms with E-state index >= 15 is 0 Å². The molecule has 2 nitrogen and oxygen atoms in total. The van der Waals surface area contributed by atoms with Crippen molar-refractivity contribution in [2.75, 3.05) is 0 Å². The van der Waals surface area contributed by atoms with E-state index in [1.54, 1.807) is 0 Å². The molecule has 5 heteroatoms. The summed E-state index contributed by atoms with van der Waals surface area (Å²) in [4.78, 5) is 4.70. The molecule has 0 radical (unpaired) electrons. The van der Waals surface area contributed by atoms with Crippen LogP contribution in [-0.2, 0) is 0 Å². The van der Waals surface area contributed by atoms with Crippen LogP contribution in [0.2, 0.25) is 10.0 Å². The van der Waals surface area contributed by atoms with Gasteiger partial charge in [-0.1, -0.05) is 43.0 Å². The van der Waals surface area contributed by atoms with Crippen molar-refractivity contribution >= 4 is 45.8 Å². The molecule has 0 amide bonds. The van der Waals surface area contributed by atoms with Gasteiger partial charge in [0.15, 0.2) is 0 Å². The topological polar surface area (TPSA) is 17.8 Å². The van der Waals surface area contributed by atoms with Crippen molar-refractivity contribution in [2.45, 2.75) is 50.9 Å². The average molecular weight is 346 g/mol. The Morgan fingerprint density at radius 1 is 1.24 bits per heavy atom. The van der Waals surface area contributed by atoms with Gasteiger partial charge in [-0.2, -0.15) is 0 Å². The van der Waals surface area contributed by atoms with E-state index in [0.717, 1.165) is 22.8 Å². The lowest BCUT2D eigenvalue weighted by molar-refractivity contribution is 0.282. The van der Waals surface area contributed by atoms with Crippen LogP contribution in [0.25, 0.3) is 11.0 Å². The van der Waals surface area contributed by atoms with Gasteiger partial charge < -0.3 is 4.57 Å². The van der Waals surface area contributed by atoms with Crippen molar-refractivity contribution in [1.82, 2.24) is 9.55 Å². The van der Waals surface area contributed by atoms with Gasteiger partial charge in [0.1, 0.15) is 5.82 Å². The summed E-state index contributed by atoms with van der Waals surface area (Å²) in [5.74, 6) is 1.66. The van der Waals surface area contributed by atoms with Crippen LogP contribution >= 0.6 is 34.8 Å². The van der Waals surface area contributed by atoms with E-state index in [0.29, 0.717) is 16.1 Å². The van der Waals surface area contributed by atoms with E-state index in [1.165, 1.54) is 25.7 Å². The van der Waals surface area contributed by atoms with Gasteiger partial charge in [-0.3, -0.25) is 0 Å². The maximum Gasteiger partial charge on any atom is 0.127 e. The van der Waals surface area contributed by atoms with Crippen molar-refractivity contribution in [2.24, 2.45) is 5.92 Å². The highest BCUT2D eigenvalue weighted by Gasteiger charge is 2.26. The number of benzene rings is 1. The van der Waals surface area contributed by atoms with E-state index in [-0.39, 0.29) is 5.38 Å². The van der Waals surface area contributed by atoms with Crippen molar-refractivity contribution in [3.05, 3.63) is 28.0 Å². The zero-order valence-electron chi connectivity index (χ0n) is 12.2. The number of hydrogen-bond acceptors (Lipinski definition) is 1. The second kappa shape index (κ2) is 5.98. The van der Waals surface area contributed by atoms with Crippen molar-refractivity contribution in [1.29, 1.82) is 0 Å². The van der Waals surface area contributed by atoms with Crippen LogP contribution in [0.4, 0.5) is 0 Å². The summed E-state index contributed by atoms with van der Waals surface area (Å²) >= 11 is 18.7. The Morgan fingerprint density at radius 3 is 2.62 bits per heavy atom. The van der Waals surface area contributed by atoms with Gasteiger partial charge in [-0.05, 0) is 37.8 Å². The van der Waals surface area contributed by atoms with Crippen molar-refractivity contribution in [3.8, 4) is 0 Å². The summed E-state index contributed by atoms with van der Waals surface area (Å²) in [5, 5.41) is 0.981. The summed E-state index contributed by atoms with van der Waals surface area (Å²) in [5.41, 5.74) is 1.93. The van der Waals surface area contributed by atoms with Crippen molar-refractivity contribution in [3.63, 3.8) is 0 Å². The first kappa shape index (κ1) is 15.5. The second-order valence-corrected chi connectivity index (χ2v) is 7.61. The summed E-state index contributed by atoms with van der Waals surface area (Å²) in [6.45, 7) is 4.29. The van der Waals surface area contributed by atoms with Crippen LogP contribution in [0.1, 0.15) is 56.8 Å². The van der Waals surface area contributed by atoms with Gasteiger partial charge in [0.05, 0.1) is 26.5 Å². The SMILES string of the molecule is CC1CCCC(n2c(C(C)Cl)nc3cc(Cl)c(Cl)cc32)C1. The smallest absolute Gasteiger partial charge is 0.127 e. The molecular formula is C16H19Cl3N2. The van der Waals surface area contributed by atoms with Crippen LogP contribution in [0.3, 0.4) is 0 Å². The molecule has 0 N–H and O–H groups in total. The second-order valence-electron chi connectivity index (χ2n) is 6.14. The molecule has 0 saturated heterocycles. The van der Waals surface area contributed by atoms with Crippen molar-refractivity contribution < 1.29 is 0 Å². The molecule has 3 rings (SSSR count). The van der Waals surface area contributed by atoms with E-state index in [9.17, 15) is 0 Å². The molecule has 114 valence electrons. The Balaban J connectivity index is 2.17. The molecule has 1 saturated carbocycles.